The fourth-order valence-corrected chi connectivity index (χ4v) is 1.69. The maximum absolute atomic E-state index is 6.01. The van der Waals surface area contributed by atoms with Crippen LogP contribution in [0.3, 0.4) is 0 Å². The highest BCUT2D eigenvalue weighted by atomic mass is 14.9. The van der Waals surface area contributed by atoms with Gasteiger partial charge in [-0.2, -0.15) is 0 Å². The minimum absolute atomic E-state index is 0.219. The van der Waals surface area contributed by atoms with E-state index in [2.05, 4.69) is 29.6 Å². The molecule has 0 saturated carbocycles. The van der Waals surface area contributed by atoms with E-state index in [1.807, 2.05) is 0 Å². The molecule has 1 heterocycles. The molecule has 2 rings (SSSR count). The van der Waals surface area contributed by atoms with Gasteiger partial charge in [0.05, 0.1) is 0 Å². The van der Waals surface area contributed by atoms with E-state index >= 15 is 0 Å². The van der Waals surface area contributed by atoms with Crippen LogP contribution in [0, 0.1) is 0 Å². The zero-order valence-corrected chi connectivity index (χ0v) is 7.09. The summed E-state index contributed by atoms with van der Waals surface area (Å²) in [5.41, 5.74) is 8.66. The quantitative estimate of drug-likeness (QED) is 0.601. The summed E-state index contributed by atoms with van der Waals surface area (Å²) in [4.78, 5) is 0. The zero-order valence-electron chi connectivity index (χ0n) is 7.09. The highest BCUT2D eigenvalue weighted by molar-refractivity contribution is 5.30. The first-order valence-electron chi connectivity index (χ1n) is 4.42. The molecule has 0 amide bonds. The minimum Gasteiger partial charge on any atom is -0.324 e. The van der Waals surface area contributed by atoms with Gasteiger partial charge in [0.2, 0.25) is 0 Å². The second kappa shape index (κ2) is 3.25. The van der Waals surface area contributed by atoms with Gasteiger partial charge in [0.15, 0.2) is 0 Å². The van der Waals surface area contributed by atoms with Crippen LogP contribution in [0.15, 0.2) is 24.3 Å². The molecule has 1 aliphatic rings. The summed E-state index contributed by atoms with van der Waals surface area (Å²) in [6.45, 7) is 1.99. The third kappa shape index (κ3) is 1.36. The summed E-state index contributed by atoms with van der Waals surface area (Å²) in [5.74, 6) is 0. The van der Waals surface area contributed by atoms with Gasteiger partial charge in [-0.15, -0.1) is 0 Å². The summed E-state index contributed by atoms with van der Waals surface area (Å²) in [5, 5.41) is 3.35. The van der Waals surface area contributed by atoms with E-state index in [0.29, 0.717) is 0 Å². The molecule has 1 aliphatic heterocycles. The summed E-state index contributed by atoms with van der Waals surface area (Å²) in [6, 6.07) is 8.62. The van der Waals surface area contributed by atoms with Crippen LogP contribution in [0.2, 0.25) is 0 Å². The molecular weight excluding hydrogens is 148 g/mol. The van der Waals surface area contributed by atoms with Crippen molar-refractivity contribution >= 4 is 0 Å². The summed E-state index contributed by atoms with van der Waals surface area (Å²) < 4.78 is 0. The highest BCUT2D eigenvalue weighted by Gasteiger charge is 2.12. The number of benzene rings is 1. The molecule has 1 unspecified atom stereocenters. The van der Waals surface area contributed by atoms with Crippen molar-refractivity contribution < 1.29 is 0 Å². The number of nitrogens with one attached hydrogen (secondary N) is 1. The fraction of sp³-hybridized carbons (Fsp3) is 0.400. The van der Waals surface area contributed by atoms with Gasteiger partial charge >= 0.3 is 0 Å². The van der Waals surface area contributed by atoms with Crippen LogP contribution >= 0.6 is 0 Å². The van der Waals surface area contributed by atoms with E-state index in [0.717, 1.165) is 19.5 Å². The Morgan fingerprint density at radius 3 is 3.08 bits per heavy atom. The number of nitrogens with two attached hydrogens (primary N) is 1. The smallest absolute Gasteiger partial charge is 0.0310 e. The van der Waals surface area contributed by atoms with Gasteiger partial charge in [-0.05, 0) is 24.1 Å². The molecule has 0 saturated heterocycles. The van der Waals surface area contributed by atoms with Crippen molar-refractivity contribution in [2.75, 3.05) is 6.54 Å². The highest BCUT2D eigenvalue weighted by Crippen LogP contribution is 2.20. The van der Waals surface area contributed by atoms with Crippen LogP contribution in [-0.2, 0) is 6.54 Å². The summed E-state index contributed by atoms with van der Waals surface area (Å²) in [6.07, 6.45) is 1.04. The van der Waals surface area contributed by atoms with Crippen molar-refractivity contribution in [2.45, 2.75) is 19.0 Å². The van der Waals surface area contributed by atoms with Gasteiger partial charge in [0.25, 0.3) is 0 Å². The van der Waals surface area contributed by atoms with Crippen LogP contribution in [-0.4, -0.2) is 6.54 Å². The van der Waals surface area contributed by atoms with Crippen molar-refractivity contribution in [3.05, 3.63) is 35.4 Å². The molecule has 0 aliphatic carbocycles. The van der Waals surface area contributed by atoms with Crippen molar-refractivity contribution in [1.82, 2.24) is 5.32 Å². The predicted molar refractivity (Wildman–Crippen MR) is 49.7 cm³/mol. The van der Waals surface area contributed by atoms with E-state index in [4.69, 9.17) is 5.73 Å². The molecule has 0 aromatic heterocycles. The minimum atomic E-state index is 0.219. The van der Waals surface area contributed by atoms with Crippen LogP contribution in [0.5, 0.6) is 0 Å². The largest absolute Gasteiger partial charge is 0.324 e. The maximum Gasteiger partial charge on any atom is 0.0310 e. The fourth-order valence-electron chi connectivity index (χ4n) is 1.69. The zero-order chi connectivity index (χ0) is 8.39. The van der Waals surface area contributed by atoms with Gasteiger partial charge in [0.1, 0.15) is 0 Å². The van der Waals surface area contributed by atoms with Crippen molar-refractivity contribution in [3.8, 4) is 0 Å². The van der Waals surface area contributed by atoms with E-state index in [9.17, 15) is 0 Å². The Bertz CT molecular complexity index is 270. The molecule has 1 aromatic carbocycles. The van der Waals surface area contributed by atoms with Crippen LogP contribution in [0.25, 0.3) is 0 Å². The summed E-state index contributed by atoms with van der Waals surface area (Å²) >= 11 is 0. The monoisotopic (exact) mass is 162 g/mol. The summed E-state index contributed by atoms with van der Waals surface area (Å²) in [7, 11) is 0. The first-order chi connectivity index (χ1) is 5.88. The molecule has 2 nitrogen and oxygen atoms in total. The number of fused-ring (bicyclic) bond motifs is 1. The van der Waals surface area contributed by atoms with E-state index in [1.165, 1.54) is 11.1 Å². The number of hydrogen-bond acceptors (Lipinski definition) is 2. The number of hydrogen-bond donors (Lipinski definition) is 2. The third-order valence-electron chi connectivity index (χ3n) is 2.40. The molecule has 0 spiro atoms. The average molecular weight is 162 g/mol. The molecule has 1 atom stereocenters. The second-order valence-electron chi connectivity index (χ2n) is 3.27. The lowest BCUT2D eigenvalue weighted by atomic mass is 10.0. The van der Waals surface area contributed by atoms with Gasteiger partial charge < -0.3 is 11.1 Å². The molecule has 1 aromatic rings. The Morgan fingerprint density at radius 2 is 2.17 bits per heavy atom. The normalized spacial score (nSPS) is 22.9. The van der Waals surface area contributed by atoms with Crippen molar-refractivity contribution in [2.24, 2.45) is 5.73 Å². The third-order valence-corrected chi connectivity index (χ3v) is 2.40. The predicted octanol–water partition coefficient (Wildman–Crippen LogP) is 1.18. The molecule has 12 heavy (non-hydrogen) atoms. The SMILES string of the molecule is NC1CCNCc2ccccc21. The van der Waals surface area contributed by atoms with Crippen LogP contribution < -0.4 is 11.1 Å². The Balaban J connectivity index is 2.39. The lowest BCUT2D eigenvalue weighted by Gasteiger charge is -2.10. The molecular formula is C10H14N2. The Kier molecular flexibility index (Phi) is 2.11. The van der Waals surface area contributed by atoms with E-state index < -0.39 is 0 Å². The Labute approximate surface area is 72.8 Å². The topological polar surface area (TPSA) is 38.0 Å². The Morgan fingerprint density at radius 1 is 1.33 bits per heavy atom. The first kappa shape index (κ1) is 7.77. The standard InChI is InChI=1S/C10H14N2/c11-10-5-6-12-7-8-3-1-2-4-9(8)10/h1-4,10,12H,5-7,11H2. The van der Waals surface area contributed by atoms with Crippen molar-refractivity contribution in [3.63, 3.8) is 0 Å². The maximum atomic E-state index is 6.01. The van der Waals surface area contributed by atoms with Crippen molar-refractivity contribution in [1.29, 1.82) is 0 Å². The molecule has 0 bridgehead atoms. The Hall–Kier alpha value is -0.860. The molecule has 64 valence electrons. The number of rotatable bonds is 0. The lowest BCUT2D eigenvalue weighted by Crippen LogP contribution is -2.14. The van der Waals surface area contributed by atoms with E-state index in [1.54, 1.807) is 0 Å². The molecule has 0 radical (unpaired) electrons. The van der Waals surface area contributed by atoms with Gasteiger partial charge in [-0.3, -0.25) is 0 Å². The van der Waals surface area contributed by atoms with Gasteiger partial charge in [-0.1, -0.05) is 24.3 Å². The van der Waals surface area contributed by atoms with Crippen LogP contribution in [0.1, 0.15) is 23.6 Å². The van der Waals surface area contributed by atoms with Crippen LogP contribution in [0.4, 0.5) is 0 Å². The second-order valence-corrected chi connectivity index (χ2v) is 3.27. The molecule has 2 heteroatoms. The lowest BCUT2D eigenvalue weighted by molar-refractivity contribution is 0.614. The first-order valence-corrected chi connectivity index (χ1v) is 4.42. The van der Waals surface area contributed by atoms with Gasteiger partial charge in [-0.25, -0.2) is 0 Å². The average Bonchev–Trinajstić information content (AvgIpc) is 2.29. The van der Waals surface area contributed by atoms with E-state index in [-0.39, 0.29) is 6.04 Å². The molecule has 3 N–H and O–H groups in total. The molecule has 0 fully saturated rings. The van der Waals surface area contributed by atoms with Gasteiger partial charge in [0, 0.05) is 12.6 Å².